The molecule has 0 aliphatic heterocycles. The monoisotopic (exact) mass is 329 g/mol. The van der Waals surface area contributed by atoms with Crippen LogP contribution in [0.4, 0.5) is 0 Å². The minimum atomic E-state index is -3.74. The summed E-state index contributed by atoms with van der Waals surface area (Å²) in [6, 6.07) is 7.51. The average molecular weight is 330 g/mol. The Morgan fingerprint density at radius 2 is 2.05 bits per heavy atom. The number of rotatable bonds is 6. The molecular weight excluding hydrogens is 314 g/mol. The van der Waals surface area contributed by atoms with E-state index in [1.165, 1.54) is 0 Å². The third kappa shape index (κ3) is 4.50. The van der Waals surface area contributed by atoms with Gasteiger partial charge in [-0.25, -0.2) is 9.82 Å². The SMILES string of the molecule is CCC(c1ccc(Cl)cc1)n1cc(CNS(N)(=O)=O)nn1. The van der Waals surface area contributed by atoms with Gasteiger partial charge in [-0.15, -0.1) is 5.10 Å². The highest BCUT2D eigenvalue weighted by atomic mass is 35.5. The first kappa shape index (κ1) is 15.9. The summed E-state index contributed by atoms with van der Waals surface area (Å²) in [5.74, 6) is 0. The van der Waals surface area contributed by atoms with Crippen molar-refractivity contribution in [1.29, 1.82) is 0 Å². The Morgan fingerprint density at radius 3 is 2.62 bits per heavy atom. The quantitative estimate of drug-likeness (QED) is 0.831. The third-order valence-corrected chi connectivity index (χ3v) is 3.77. The molecule has 2 aromatic rings. The lowest BCUT2D eigenvalue weighted by molar-refractivity contribution is 0.493. The maximum Gasteiger partial charge on any atom is 0.274 e. The summed E-state index contributed by atoms with van der Waals surface area (Å²) in [5, 5.41) is 13.5. The van der Waals surface area contributed by atoms with Crippen LogP contribution in [0, 0.1) is 0 Å². The van der Waals surface area contributed by atoms with Crippen molar-refractivity contribution in [3.8, 4) is 0 Å². The fourth-order valence-electron chi connectivity index (χ4n) is 1.98. The van der Waals surface area contributed by atoms with E-state index in [-0.39, 0.29) is 12.6 Å². The number of hydrogen-bond donors (Lipinski definition) is 2. The van der Waals surface area contributed by atoms with E-state index in [4.69, 9.17) is 16.7 Å². The molecule has 114 valence electrons. The first-order valence-electron chi connectivity index (χ1n) is 6.32. The number of aromatic nitrogens is 3. The Hall–Kier alpha value is -1.48. The fourth-order valence-corrected chi connectivity index (χ4v) is 2.46. The van der Waals surface area contributed by atoms with Gasteiger partial charge in [0.25, 0.3) is 10.2 Å². The second-order valence-corrected chi connectivity index (χ2v) is 6.35. The zero-order chi connectivity index (χ0) is 15.5. The highest BCUT2D eigenvalue weighted by Gasteiger charge is 2.14. The Balaban J connectivity index is 2.16. The molecule has 0 bridgehead atoms. The molecule has 0 spiro atoms. The lowest BCUT2D eigenvalue weighted by Crippen LogP contribution is -2.30. The molecule has 0 radical (unpaired) electrons. The Bertz CT molecular complexity index is 699. The maximum absolute atomic E-state index is 10.9. The molecule has 1 atom stereocenters. The van der Waals surface area contributed by atoms with Crippen LogP contribution in [0.3, 0.4) is 0 Å². The molecule has 1 aromatic carbocycles. The normalized spacial score (nSPS) is 13.3. The van der Waals surface area contributed by atoms with Crippen LogP contribution in [-0.2, 0) is 16.8 Å². The van der Waals surface area contributed by atoms with E-state index >= 15 is 0 Å². The molecule has 0 aliphatic rings. The van der Waals surface area contributed by atoms with Crippen molar-refractivity contribution < 1.29 is 8.42 Å². The molecule has 0 aliphatic carbocycles. The first-order chi connectivity index (χ1) is 9.89. The number of nitrogens with one attached hydrogen (secondary N) is 1. The van der Waals surface area contributed by atoms with E-state index in [2.05, 4.69) is 15.0 Å². The van der Waals surface area contributed by atoms with Gasteiger partial charge in [0.1, 0.15) is 0 Å². The molecule has 3 N–H and O–H groups in total. The van der Waals surface area contributed by atoms with Crippen LogP contribution in [0.2, 0.25) is 5.02 Å². The zero-order valence-electron chi connectivity index (χ0n) is 11.4. The van der Waals surface area contributed by atoms with Crippen LogP contribution in [0.25, 0.3) is 0 Å². The zero-order valence-corrected chi connectivity index (χ0v) is 13.0. The lowest BCUT2D eigenvalue weighted by Gasteiger charge is -2.15. The first-order valence-corrected chi connectivity index (χ1v) is 8.25. The second kappa shape index (κ2) is 6.52. The number of nitrogens with two attached hydrogens (primary N) is 1. The molecule has 0 saturated carbocycles. The molecule has 0 amide bonds. The Kier molecular flexibility index (Phi) is 4.94. The molecular formula is C12H16ClN5O2S. The van der Waals surface area contributed by atoms with Gasteiger partial charge in [-0.3, -0.25) is 0 Å². The van der Waals surface area contributed by atoms with E-state index in [1.807, 2.05) is 31.2 Å². The van der Waals surface area contributed by atoms with Crippen LogP contribution in [0.1, 0.15) is 30.6 Å². The van der Waals surface area contributed by atoms with Crippen molar-refractivity contribution in [1.82, 2.24) is 19.7 Å². The molecule has 1 aromatic heterocycles. The summed E-state index contributed by atoms with van der Waals surface area (Å²) in [5.41, 5.74) is 1.55. The lowest BCUT2D eigenvalue weighted by atomic mass is 10.1. The average Bonchev–Trinajstić information content (AvgIpc) is 2.87. The summed E-state index contributed by atoms with van der Waals surface area (Å²) >= 11 is 5.88. The maximum atomic E-state index is 10.9. The molecule has 9 heteroatoms. The van der Waals surface area contributed by atoms with Gasteiger partial charge >= 0.3 is 0 Å². The van der Waals surface area contributed by atoms with Gasteiger partial charge in [-0.05, 0) is 24.1 Å². The van der Waals surface area contributed by atoms with Gasteiger partial charge in [0.15, 0.2) is 0 Å². The molecule has 1 unspecified atom stereocenters. The van der Waals surface area contributed by atoms with Crippen LogP contribution < -0.4 is 9.86 Å². The molecule has 21 heavy (non-hydrogen) atoms. The van der Waals surface area contributed by atoms with Crippen LogP contribution in [0.15, 0.2) is 30.5 Å². The smallest absolute Gasteiger partial charge is 0.245 e. The third-order valence-electron chi connectivity index (χ3n) is 2.97. The minimum Gasteiger partial charge on any atom is -0.245 e. The minimum absolute atomic E-state index is 0.00981. The van der Waals surface area contributed by atoms with Crippen molar-refractivity contribution in [2.24, 2.45) is 5.14 Å². The van der Waals surface area contributed by atoms with Crippen LogP contribution in [0.5, 0.6) is 0 Å². The number of nitrogens with zero attached hydrogens (tertiary/aromatic N) is 3. The second-order valence-electron chi connectivity index (χ2n) is 4.53. The molecule has 0 saturated heterocycles. The van der Waals surface area contributed by atoms with Gasteiger partial charge < -0.3 is 0 Å². The van der Waals surface area contributed by atoms with E-state index in [0.29, 0.717) is 10.7 Å². The predicted octanol–water partition coefficient (Wildman–Crippen LogP) is 1.22. The summed E-state index contributed by atoms with van der Waals surface area (Å²) < 4.78 is 25.6. The van der Waals surface area contributed by atoms with Crippen molar-refractivity contribution in [3.63, 3.8) is 0 Å². The van der Waals surface area contributed by atoms with Gasteiger partial charge in [-0.2, -0.15) is 13.1 Å². The number of benzene rings is 1. The van der Waals surface area contributed by atoms with E-state index in [1.54, 1.807) is 10.9 Å². The Labute approximate surface area is 128 Å². The van der Waals surface area contributed by atoms with Crippen LogP contribution >= 0.6 is 11.6 Å². The molecule has 7 nitrogen and oxygen atoms in total. The van der Waals surface area contributed by atoms with Gasteiger partial charge in [-0.1, -0.05) is 35.9 Å². The van der Waals surface area contributed by atoms with Gasteiger partial charge in [0.05, 0.1) is 24.5 Å². The summed E-state index contributed by atoms with van der Waals surface area (Å²) in [6.07, 6.45) is 2.51. The van der Waals surface area contributed by atoms with E-state index in [0.717, 1.165) is 12.0 Å². The highest BCUT2D eigenvalue weighted by Crippen LogP contribution is 2.22. The van der Waals surface area contributed by atoms with E-state index < -0.39 is 10.2 Å². The summed E-state index contributed by atoms with van der Waals surface area (Å²) in [4.78, 5) is 0. The predicted molar refractivity (Wildman–Crippen MR) is 79.9 cm³/mol. The molecule has 1 heterocycles. The summed E-state index contributed by atoms with van der Waals surface area (Å²) in [7, 11) is -3.74. The van der Waals surface area contributed by atoms with Crippen molar-refractivity contribution in [2.75, 3.05) is 0 Å². The standard InChI is InChI=1S/C12H16ClN5O2S/c1-2-12(9-3-5-10(13)6-4-9)18-8-11(16-17-18)7-15-21(14,19)20/h3-6,8,12,15H,2,7H2,1H3,(H2,14,19,20). The van der Waals surface area contributed by atoms with E-state index in [9.17, 15) is 8.42 Å². The fraction of sp³-hybridized carbons (Fsp3) is 0.333. The topological polar surface area (TPSA) is 103 Å². The van der Waals surface area contributed by atoms with Gasteiger partial charge in [0, 0.05) is 5.02 Å². The van der Waals surface area contributed by atoms with Crippen molar-refractivity contribution in [3.05, 3.63) is 46.7 Å². The molecule has 2 rings (SSSR count). The van der Waals surface area contributed by atoms with Crippen molar-refractivity contribution >= 4 is 21.8 Å². The molecule has 0 fully saturated rings. The van der Waals surface area contributed by atoms with Crippen molar-refractivity contribution in [2.45, 2.75) is 25.9 Å². The van der Waals surface area contributed by atoms with Gasteiger partial charge in [0.2, 0.25) is 0 Å². The summed E-state index contributed by atoms with van der Waals surface area (Å²) in [6.45, 7) is 2.04. The number of hydrogen-bond acceptors (Lipinski definition) is 4. The highest BCUT2D eigenvalue weighted by molar-refractivity contribution is 7.87. The van der Waals surface area contributed by atoms with Crippen LogP contribution in [-0.4, -0.2) is 23.4 Å². The largest absolute Gasteiger partial charge is 0.274 e. The Morgan fingerprint density at radius 1 is 1.38 bits per heavy atom. The number of halogens is 1.